The minimum Gasteiger partial charge on any atom is -0.352 e. The summed E-state index contributed by atoms with van der Waals surface area (Å²) in [6.07, 6.45) is 0.0822. The molecule has 0 spiro atoms. The maximum atomic E-state index is 12.1. The number of anilines is 1. The normalized spacial score (nSPS) is 10.3. The summed E-state index contributed by atoms with van der Waals surface area (Å²) in [7, 11) is 1.52. The monoisotopic (exact) mass is 485 g/mol. The molecule has 0 fully saturated rings. The highest BCUT2D eigenvalue weighted by atomic mass is 79.9. The molecule has 0 heterocycles. The van der Waals surface area contributed by atoms with Gasteiger partial charge in [0, 0.05) is 35.7 Å². The molecule has 2 rings (SSSR count). The van der Waals surface area contributed by atoms with Crippen molar-refractivity contribution in [2.45, 2.75) is 6.42 Å². The third kappa shape index (κ3) is 6.82. The highest BCUT2D eigenvalue weighted by Crippen LogP contribution is 2.24. The van der Waals surface area contributed by atoms with Crippen molar-refractivity contribution in [3.05, 3.63) is 62.5 Å². The zero-order valence-electron chi connectivity index (χ0n) is 15.0. The second-order valence-electron chi connectivity index (χ2n) is 5.94. The molecule has 0 unspecified atom stereocenters. The Bertz CT molecular complexity index is 875. The lowest BCUT2D eigenvalue weighted by molar-refractivity contribution is -0.133. The summed E-state index contributed by atoms with van der Waals surface area (Å²) in [5, 5.41) is 6.04. The summed E-state index contributed by atoms with van der Waals surface area (Å²) in [6, 6.07) is 11.6. The summed E-state index contributed by atoms with van der Waals surface area (Å²) in [4.78, 5) is 37.5. The van der Waals surface area contributed by atoms with E-state index in [9.17, 15) is 14.4 Å². The first-order valence-corrected chi connectivity index (χ1v) is 9.84. The van der Waals surface area contributed by atoms with Crippen LogP contribution in [0.4, 0.5) is 5.69 Å². The largest absolute Gasteiger partial charge is 0.352 e. The van der Waals surface area contributed by atoms with Crippen LogP contribution in [0.15, 0.2) is 46.9 Å². The summed E-state index contributed by atoms with van der Waals surface area (Å²) in [6.45, 7) is 0.0478. The van der Waals surface area contributed by atoms with Crippen molar-refractivity contribution in [3.63, 3.8) is 0 Å². The Morgan fingerprint density at radius 1 is 1.04 bits per heavy atom. The molecule has 0 atom stereocenters. The summed E-state index contributed by atoms with van der Waals surface area (Å²) < 4.78 is 0.875. The van der Waals surface area contributed by atoms with Gasteiger partial charge in [-0.25, -0.2) is 0 Å². The van der Waals surface area contributed by atoms with Crippen molar-refractivity contribution in [1.82, 2.24) is 10.2 Å². The van der Waals surface area contributed by atoms with Crippen LogP contribution in [0, 0.1) is 0 Å². The van der Waals surface area contributed by atoms with Gasteiger partial charge in [0.05, 0.1) is 16.6 Å². The van der Waals surface area contributed by atoms with E-state index in [4.69, 9.17) is 23.2 Å². The lowest BCUT2D eigenvalue weighted by Crippen LogP contribution is -2.37. The number of likely N-dealkylation sites (N-methyl/N-ethyl adjacent to an activating group) is 1. The third-order valence-electron chi connectivity index (χ3n) is 3.74. The van der Waals surface area contributed by atoms with Gasteiger partial charge in [0.2, 0.25) is 11.8 Å². The van der Waals surface area contributed by atoms with Crippen LogP contribution < -0.4 is 10.6 Å². The van der Waals surface area contributed by atoms with Crippen LogP contribution >= 0.6 is 39.1 Å². The van der Waals surface area contributed by atoms with Gasteiger partial charge in [0.15, 0.2) is 0 Å². The second-order valence-corrected chi connectivity index (χ2v) is 7.67. The Balaban J connectivity index is 1.75. The van der Waals surface area contributed by atoms with Gasteiger partial charge in [-0.1, -0.05) is 39.1 Å². The number of benzene rings is 2. The standard InChI is InChI=1S/C19H18BrCl2N3O3/c1-25(11-17(26)24-14-6-7-15(21)16(22)10-14)18(27)8-9-23-19(28)12-2-4-13(20)5-3-12/h2-7,10H,8-9,11H2,1H3,(H,23,28)(H,24,26). The van der Waals surface area contributed by atoms with Crippen molar-refractivity contribution in [2.24, 2.45) is 0 Å². The first-order chi connectivity index (χ1) is 13.3. The number of hydrogen-bond donors (Lipinski definition) is 2. The minimum atomic E-state index is -0.367. The molecule has 3 amide bonds. The van der Waals surface area contributed by atoms with E-state index >= 15 is 0 Å². The molecular formula is C19H18BrCl2N3O3. The zero-order valence-corrected chi connectivity index (χ0v) is 18.1. The van der Waals surface area contributed by atoms with Crippen molar-refractivity contribution in [1.29, 1.82) is 0 Å². The van der Waals surface area contributed by atoms with Gasteiger partial charge in [0.25, 0.3) is 5.91 Å². The number of nitrogens with one attached hydrogen (secondary N) is 2. The van der Waals surface area contributed by atoms with Crippen molar-refractivity contribution in [3.8, 4) is 0 Å². The topological polar surface area (TPSA) is 78.5 Å². The number of amides is 3. The van der Waals surface area contributed by atoms with Crippen molar-refractivity contribution < 1.29 is 14.4 Å². The molecule has 0 saturated carbocycles. The Labute approximate surface area is 181 Å². The maximum absolute atomic E-state index is 12.1. The molecule has 0 aliphatic carbocycles. The van der Waals surface area contributed by atoms with E-state index in [1.807, 2.05) is 0 Å². The molecule has 2 aromatic carbocycles. The average molecular weight is 487 g/mol. The Morgan fingerprint density at radius 3 is 2.36 bits per heavy atom. The molecule has 6 nitrogen and oxygen atoms in total. The van der Waals surface area contributed by atoms with Gasteiger partial charge >= 0.3 is 0 Å². The van der Waals surface area contributed by atoms with Crippen molar-refractivity contribution in [2.75, 3.05) is 25.5 Å². The van der Waals surface area contributed by atoms with Gasteiger partial charge in [-0.15, -0.1) is 0 Å². The van der Waals surface area contributed by atoms with Gasteiger partial charge in [-0.2, -0.15) is 0 Å². The first-order valence-electron chi connectivity index (χ1n) is 8.29. The number of carbonyl (C=O) groups is 3. The minimum absolute atomic E-state index is 0.0822. The second kappa shape index (κ2) is 10.5. The summed E-state index contributed by atoms with van der Waals surface area (Å²) in [5.74, 6) is -0.895. The van der Waals surface area contributed by atoms with Crippen LogP contribution in [0.3, 0.4) is 0 Å². The van der Waals surface area contributed by atoms with Gasteiger partial charge in [-0.05, 0) is 42.5 Å². The van der Waals surface area contributed by atoms with Crippen LogP contribution in [0.2, 0.25) is 10.0 Å². The van der Waals surface area contributed by atoms with E-state index in [0.29, 0.717) is 21.3 Å². The van der Waals surface area contributed by atoms with E-state index in [0.717, 1.165) is 4.47 Å². The molecule has 0 saturated heterocycles. The van der Waals surface area contributed by atoms with Gasteiger partial charge in [0.1, 0.15) is 0 Å². The van der Waals surface area contributed by atoms with Crippen LogP contribution in [-0.4, -0.2) is 42.8 Å². The van der Waals surface area contributed by atoms with E-state index < -0.39 is 0 Å². The smallest absolute Gasteiger partial charge is 0.251 e. The molecular weight excluding hydrogens is 469 g/mol. The molecule has 2 N–H and O–H groups in total. The van der Waals surface area contributed by atoms with Crippen LogP contribution in [-0.2, 0) is 9.59 Å². The SMILES string of the molecule is CN(CC(=O)Nc1ccc(Cl)c(Cl)c1)C(=O)CCNC(=O)c1ccc(Br)cc1. The van der Waals surface area contributed by atoms with E-state index in [1.165, 1.54) is 18.0 Å². The predicted octanol–water partition coefficient (Wildman–Crippen LogP) is 3.97. The van der Waals surface area contributed by atoms with Crippen LogP contribution in [0.5, 0.6) is 0 Å². The highest BCUT2D eigenvalue weighted by molar-refractivity contribution is 9.10. The first kappa shape index (κ1) is 22.2. The van der Waals surface area contributed by atoms with Gasteiger partial charge < -0.3 is 15.5 Å². The number of halogens is 3. The zero-order chi connectivity index (χ0) is 20.7. The number of rotatable bonds is 7. The van der Waals surface area contributed by atoms with Gasteiger partial charge in [-0.3, -0.25) is 14.4 Å². The number of hydrogen-bond acceptors (Lipinski definition) is 3. The molecule has 2 aromatic rings. The Morgan fingerprint density at radius 2 is 1.71 bits per heavy atom. The fourth-order valence-electron chi connectivity index (χ4n) is 2.26. The molecule has 0 aromatic heterocycles. The third-order valence-corrected chi connectivity index (χ3v) is 5.01. The van der Waals surface area contributed by atoms with Crippen LogP contribution in [0.1, 0.15) is 16.8 Å². The number of nitrogens with zero attached hydrogens (tertiary/aromatic N) is 1. The van der Waals surface area contributed by atoms with E-state index in [1.54, 1.807) is 36.4 Å². The molecule has 148 valence electrons. The molecule has 0 aliphatic heterocycles. The molecule has 0 radical (unpaired) electrons. The maximum Gasteiger partial charge on any atom is 0.251 e. The average Bonchev–Trinajstić information content (AvgIpc) is 2.65. The molecule has 28 heavy (non-hydrogen) atoms. The molecule has 0 aliphatic rings. The van der Waals surface area contributed by atoms with E-state index in [2.05, 4.69) is 26.6 Å². The van der Waals surface area contributed by atoms with Crippen molar-refractivity contribution >= 4 is 62.5 Å². The summed E-state index contributed by atoms with van der Waals surface area (Å²) in [5.41, 5.74) is 0.993. The Kier molecular flexibility index (Phi) is 8.29. The number of carbonyl (C=O) groups excluding carboxylic acids is 3. The lowest BCUT2D eigenvalue weighted by atomic mass is 10.2. The van der Waals surface area contributed by atoms with E-state index in [-0.39, 0.29) is 37.2 Å². The molecule has 0 bridgehead atoms. The quantitative estimate of drug-likeness (QED) is 0.621. The fourth-order valence-corrected chi connectivity index (χ4v) is 2.82. The Hall–Kier alpha value is -2.09. The lowest BCUT2D eigenvalue weighted by Gasteiger charge is -2.17. The highest BCUT2D eigenvalue weighted by Gasteiger charge is 2.14. The summed E-state index contributed by atoms with van der Waals surface area (Å²) >= 11 is 15.0. The predicted molar refractivity (Wildman–Crippen MR) is 114 cm³/mol. The van der Waals surface area contributed by atoms with Crippen LogP contribution in [0.25, 0.3) is 0 Å². The fraction of sp³-hybridized carbons (Fsp3) is 0.211. The molecule has 9 heteroatoms.